The van der Waals surface area contributed by atoms with E-state index < -0.39 is 0 Å². The van der Waals surface area contributed by atoms with Crippen LogP contribution >= 0.6 is 0 Å². The van der Waals surface area contributed by atoms with Crippen LogP contribution in [0, 0.1) is 0 Å². The summed E-state index contributed by atoms with van der Waals surface area (Å²) < 4.78 is 5.19. The van der Waals surface area contributed by atoms with Crippen LogP contribution in [0.2, 0.25) is 0 Å². The van der Waals surface area contributed by atoms with E-state index in [1.54, 1.807) is 31.7 Å². The van der Waals surface area contributed by atoms with Crippen molar-refractivity contribution in [2.24, 2.45) is 0 Å². The smallest absolute Gasteiger partial charge is 0.144 e. The zero-order valence-electron chi connectivity index (χ0n) is 8.23. The SMILES string of the molecule is C=C/C=c1/cncc(OC)/c1=C/C=C. The van der Waals surface area contributed by atoms with E-state index >= 15 is 0 Å². The molecule has 0 aliphatic rings. The molecule has 0 aliphatic heterocycles. The molecule has 1 aromatic heterocycles. The normalized spacial score (nSPS) is 12.6. The molecule has 1 rings (SSSR count). The third-order valence-corrected chi connectivity index (χ3v) is 1.78. The molecule has 0 fully saturated rings. The average molecular weight is 187 g/mol. The zero-order chi connectivity index (χ0) is 10.4. The first kappa shape index (κ1) is 10.3. The molecule has 0 unspecified atom stereocenters. The molecule has 0 radical (unpaired) electrons. The van der Waals surface area contributed by atoms with E-state index in [4.69, 9.17) is 4.74 Å². The van der Waals surface area contributed by atoms with Gasteiger partial charge in [0, 0.05) is 16.6 Å². The van der Waals surface area contributed by atoms with Crippen molar-refractivity contribution in [3.05, 3.63) is 48.1 Å². The summed E-state index contributed by atoms with van der Waals surface area (Å²) in [4.78, 5) is 4.06. The molecule has 0 amide bonds. The largest absolute Gasteiger partial charge is 0.494 e. The lowest BCUT2D eigenvalue weighted by Crippen LogP contribution is -2.26. The fraction of sp³-hybridized carbons (Fsp3) is 0.0833. The molecule has 0 aromatic carbocycles. The number of aromatic nitrogens is 1. The van der Waals surface area contributed by atoms with Crippen molar-refractivity contribution >= 4 is 12.2 Å². The molecule has 72 valence electrons. The first-order chi connectivity index (χ1) is 6.83. The number of nitrogens with zero attached hydrogens (tertiary/aromatic N) is 1. The van der Waals surface area contributed by atoms with Gasteiger partial charge in [-0.3, -0.25) is 4.98 Å². The number of methoxy groups -OCH3 is 1. The van der Waals surface area contributed by atoms with Gasteiger partial charge >= 0.3 is 0 Å². The summed E-state index contributed by atoms with van der Waals surface area (Å²) in [6.45, 7) is 7.31. The van der Waals surface area contributed by atoms with Gasteiger partial charge < -0.3 is 4.74 Å². The predicted octanol–water partition coefficient (Wildman–Crippen LogP) is 1.02. The van der Waals surface area contributed by atoms with Crippen molar-refractivity contribution in [3.63, 3.8) is 0 Å². The Labute approximate surface area is 83.6 Å². The minimum atomic E-state index is 0.737. The lowest BCUT2D eigenvalue weighted by atomic mass is 10.2. The predicted molar refractivity (Wildman–Crippen MR) is 59.4 cm³/mol. The molecule has 0 N–H and O–H groups in total. The standard InChI is InChI=1S/C12H13NO/c1-4-6-10-8-13-9-12(14-3)11(10)7-5-2/h4-9H,1-2H2,3H3/b10-6-,11-7+. The number of hydrogen-bond donors (Lipinski definition) is 0. The topological polar surface area (TPSA) is 22.1 Å². The van der Waals surface area contributed by atoms with Gasteiger partial charge in [0.25, 0.3) is 0 Å². The van der Waals surface area contributed by atoms with Gasteiger partial charge in [-0.05, 0) is 0 Å². The van der Waals surface area contributed by atoms with E-state index in [-0.39, 0.29) is 0 Å². The molecule has 0 saturated heterocycles. The Morgan fingerprint density at radius 2 is 1.93 bits per heavy atom. The monoisotopic (exact) mass is 187 g/mol. The van der Waals surface area contributed by atoms with Crippen molar-refractivity contribution in [1.82, 2.24) is 4.98 Å². The maximum atomic E-state index is 5.19. The molecule has 0 atom stereocenters. The lowest BCUT2D eigenvalue weighted by Gasteiger charge is -1.99. The van der Waals surface area contributed by atoms with E-state index in [1.165, 1.54) is 0 Å². The van der Waals surface area contributed by atoms with E-state index in [0.29, 0.717) is 0 Å². The van der Waals surface area contributed by atoms with Crippen LogP contribution in [0.15, 0.2) is 37.7 Å². The average Bonchev–Trinajstić information content (AvgIpc) is 2.21. The van der Waals surface area contributed by atoms with Crippen LogP contribution in [0.4, 0.5) is 0 Å². The lowest BCUT2D eigenvalue weighted by molar-refractivity contribution is 0.409. The molecular formula is C12H13NO. The fourth-order valence-electron chi connectivity index (χ4n) is 1.19. The first-order valence-electron chi connectivity index (χ1n) is 4.27. The van der Waals surface area contributed by atoms with Crippen LogP contribution < -0.4 is 15.2 Å². The van der Waals surface area contributed by atoms with Crippen LogP contribution in [-0.4, -0.2) is 12.1 Å². The second-order valence-electron chi connectivity index (χ2n) is 2.65. The van der Waals surface area contributed by atoms with Crippen LogP contribution in [-0.2, 0) is 0 Å². The van der Waals surface area contributed by atoms with Gasteiger partial charge in [-0.15, -0.1) is 0 Å². The molecule has 2 heteroatoms. The third-order valence-electron chi connectivity index (χ3n) is 1.78. The van der Waals surface area contributed by atoms with E-state index in [1.807, 2.05) is 12.2 Å². The maximum Gasteiger partial charge on any atom is 0.144 e. The number of hydrogen-bond acceptors (Lipinski definition) is 2. The van der Waals surface area contributed by atoms with E-state index in [2.05, 4.69) is 18.1 Å². The van der Waals surface area contributed by atoms with Gasteiger partial charge in [0.1, 0.15) is 5.75 Å². The fourth-order valence-corrected chi connectivity index (χ4v) is 1.19. The molecule has 0 aliphatic carbocycles. The second-order valence-corrected chi connectivity index (χ2v) is 2.65. The van der Waals surface area contributed by atoms with Gasteiger partial charge in [0.05, 0.1) is 13.3 Å². The Hall–Kier alpha value is -1.83. The van der Waals surface area contributed by atoms with Gasteiger partial charge in [-0.1, -0.05) is 37.5 Å². The summed E-state index contributed by atoms with van der Waals surface area (Å²) in [6.07, 6.45) is 10.6. The highest BCUT2D eigenvalue weighted by molar-refractivity contribution is 5.45. The number of ether oxygens (including phenoxy) is 1. The Balaban J connectivity index is 3.60. The van der Waals surface area contributed by atoms with Crippen molar-refractivity contribution in [2.75, 3.05) is 7.11 Å². The molecule has 1 heterocycles. The number of allylic oxidation sites excluding steroid dienone is 2. The summed E-state index contributed by atoms with van der Waals surface area (Å²) in [5.41, 5.74) is 0. The summed E-state index contributed by atoms with van der Waals surface area (Å²) >= 11 is 0. The number of pyridine rings is 1. The first-order valence-corrected chi connectivity index (χ1v) is 4.27. The summed E-state index contributed by atoms with van der Waals surface area (Å²) in [7, 11) is 1.62. The van der Waals surface area contributed by atoms with Gasteiger partial charge in [0.15, 0.2) is 0 Å². The molecule has 14 heavy (non-hydrogen) atoms. The van der Waals surface area contributed by atoms with Crippen molar-refractivity contribution in [2.45, 2.75) is 0 Å². The van der Waals surface area contributed by atoms with Gasteiger partial charge in [0.2, 0.25) is 0 Å². The highest BCUT2D eigenvalue weighted by Gasteiger charge is 1.94. The number of rotatable bonds is 3. The van der Waals surface area contributed by atoms with Crippen molar-refractivity contribution < 1.29 is 4.74 Å². The minimum absolute atomic E-state index is 0.737. The minimum Gasteiger partial charge on any atom is -0.494 e. The third kappa shape index (κ3) is 2.10. The quantitative estimate of drug-likeness (QED) is 0.705. The van der Waals surface area contributed by atoms with Crippen molar-refractivity contribution in [1.29, 1.82) is 0 Å². The van der Waals surface area contributed by atoms with E-state index in [9.17, 15) is 0 Å². The summed E-state index contributed by atoms with van der Waals surface area (Å²) in [6, 6.07) is 0. The van der Waals surface area contributed by atoms with E-state index in [0.717, 1.165) is 16.2 Å². The highest BCUT2D eigenvalue weighted by atomic mass is 16.5. The molecule has 1 aromatic rings. The van der Waals surface area contributed by atoms with Crippen LogP contribution in [0.25, 0.3) is 12.2 Å². The van der Waals surface area contributed by atoms with Gasteiger partial charge in [-0.25, -0.2) is 0 Å². The summed E-state index contributed by atoms with van der Waals surface area (Å²) in [5, 5.41) is 1.94. The Bertz CT molecular complexity index is 446. The molecular weight excluding hydrogens is 174 g/mol. The molecule has 0 spiro atoms. The molecule has 0 bridgehead atoms. The second kappa shape index (κ2) is 5.02. The molecule has 2 nitrogen and oxygen atoms in total. The Morgan fingerprint density at radius 3 is 2.50 bits per heavy atom. The highest BCUT2D eigenvalue weighted by Crippen LogP contribution is 1.94. The van der Waals surface area contributed by atoms with Crippen LogP contribution in [0.5, 0.6) is 5.75 Å². The van der Waals surface area contributed by atoms with Crippen molar-refractivity contribution in [3.8, 4) is 5.75 Å². The van der Waals surface area contributed by atoms with Gasteiger partial charge in [-0.2, -0.15) is 0 Å². The van der Waals surface area contributed by atoms with Crippen LogP contribution in [0.1, 0.15) is 0 Å². The molecule has 0 saturated carbocycles. The van der Waals surface area contributed by atoms with Crippen LogP contribution in [0.3, 0.4) is 0 Å². The Kier molecular flexibility index (Phi) is 3.68. The Morgan fingerprint density at radius 1 is 1.21 bits per heavy atom. The summed E-state index contributed by atoms with van der Waals surface area (Å²) in [5.74, 6) is 0.737. The zero-order valence-corrected chi connectivity index (χ0v) is 8.23. The maximum absolute atomic E-state index is 5.19.